The third-order valence-electron chi connectivity index (χ3n) is 3.41. The maximum absolute atomic E-state index is 5.70. The maximum atomic E-state index is 5.70. The van der Waals surface area contributed by atoms with Gasteiger partial charge in [0.05, 0.1) is 12.8 Å². The highest BCUT2D eigenvalue weighted by Gasteiger charge is 2.06. The molecule has 0 bridgehead atoms. The van der Waals surface area contributed by atoms with Gasteiger partial charge in [0, 0.05) is 44.5 Å². The first-order chi connectivity index (χ1) is 11.1. The summed E-state index contributed by atoms with van der Waals surface area (Å²) in [4.78, 5) is 4.24. The molecule has 0 spiro atoms. The van der Waals surface area contributed by atoms with Gasteiger partial charge in [0.2, 0.25) is 0 Å². The van der Waals surface area contributed by atoms with Crippen LogP contribution in [0, 0.1) is 6.92 Å². The minimum absolute atomic E-state index is 0. The number of nitrogens with zero attached hydrogens (tertiary/aromatic N) is 3. The van der Waals surface area contributed by atoms with Crippen LogP contribution in [0.15, 0.2) is 35.6 Å². The van der Waals surface area contributed by atoms with Gasteiger partial charge in [-0.25, -0.2) is 0 Å². The molecule has 0 amide bonds. The Morgan fingerprint density at radius 1 is 1.29 bits per heavy atom. The van der Waals surface area contributed by atoms with Gasteiger partial charge in [-0.1, -0.05) is 12.1 Å². The molecule has 24 heavy (non-hydrogen) atoms. The number of hydrogen-bond acceptors (Lipinski definition) is 3. The summed E-state index contributed by atoms with van der Waals surface area (Å²) in [6.45, 7) is 6.05. The SMILES string of the molecule is CCOc1cc(C)ccc1CNC(=NC)NCc1cnn(C)c1.I. The molecule has 2 aromatic rings. The van der Waals surface area contributed by atoms with E-state index in [2.05, 4.69) is 45.8 Å². The Kier molecular flexibility index (Phi) is 8.59. The Balaban J connectivity index is 0.00000288. The summed E-state index contributed by atoms with van der Waals surface area (Å²) < 4.78 is 7.49. The smallest absolute Gasteiger partial charge is 0.191 e. The first-order valence-electron chi connectivity index (χ1n) is 7.76. The van der Waals surface area contributed by atoms with Crippen LogP contribution < -0.4 is 15.4 Å². The molecule has 0 atom stereocenters. The van der Waals surface area contributed by atoms with E-state index < -0.39 is 0 Å². The molecule has 0 aliphatic rings. The first-order valence-corrected chi connectivity index (χ1v) is 7.76. The summed E-state index contributed by atoms with van der Waals surface area (Å²) in [5.74, 6) is 1.67. The summed E-state index contributed by atoms with van der Waals surface area (Å²) >= 11 is 0. The van der Waals surface area contributed by atoms with E-state index in [4.69, 9.17) is 4.74 Å². The molecule has 2 N–H and O–H groups in total. The minimum Gasteiger partial charge on any atom is -0.494 e. The van der Waals surface area contributed by atoms with E-state index in [0.717, 1.165) is 22.8 Å². The number of guanidine groups is 1. The van der Waals surface area contributed by atoms with Crippen molar-refractivity contribution in [3.8, 4) is 5.75 Å². The van der Waals surface area contributed by atoms with Gasteiger partial charge in [0.1, 0.15) is 5.75 Å². The number of ether oxygens (including phenoxy) is 1. The van der Waals surface area contributed by atoms with Crippen molar-refractivity contribution in [2.45, 2.75) is 26.9 Å². The van der Waals surface area contributed by atoms with Gasteiger partial charge in [-0.3, -0.25) is 9.67 Å². The molecule has 132 valence electrons. The Morgan fingerprint density at radius 2 is 2.04 bits per heavy atom. The van der Waals surface area contributed by atoms with Gasteiger partial charge in [-0.05, 0) is 25.5 Å². The predicted molar refractivity (Wildman–Crippen MR) is 108 cm³/mol. The second kappa shape index (κ2) is 10.2. The highest BCUT2D eigenvalue weighted by Crippen LogP contribution is 2.20. The second-order valence-corrected chi connectivity index (χ2v) is 5.35. The van der Waals surface area contributed by atoms with E-state index in [1.165, 1.54) is 5.56 Å². The largest absolute Gasteiger partial charge is 0.494 e. The van der Waals surface area contributed by atoms with Crippen LogP contribution in [0.25, 0.3) is 0 Å². The first kappa shape index (κ1) is 20.3. The molecule has 0 saturated carbocycles. The molecule has 0 aliphatic heterocycles. The average molecular weight is 443 g/mol. The summed E-state index contributed by atoms with van der Waals surface area (Å²) in [5, 5.41) is 10.7. The molecule has 1 heterocycles. The van der Waals surface area contributed by atoms with Crippen LogP contribution in [0.2, 0.25) is 0 Å². The zero-order valence-corrected chi connectivity index (χ0v) is 17.0. The van der Waals surface area contributed by atoms with Crippen LogP contribution in [-0.4, -0.2) is 29.4 Å². The van der Waals surface area contributed by atoms with Crippen LogP contribution in [0.3, 0.4) is 0 Å². The zero-order chi connectivity index (χ0) is 16.7. The zero-order valence-electron chi connectivity index (χ0n) is 14.7. The second-order valence-electron chi connectivity index (χ2n) is 5.35. The summed E-state index contributed by atoms with van der Waals surface area (Å²) in [6, 6.07) is 6.24. The summed E-state index contributed by atoms with van der Waals surface area (Å²) in [6.07, 6.45) is 3.82. The summed E-state index contributed by atoms with van der Waals surface area (Å²) in [5.41, 5.74) is 3.42. The standard InChI is InChI=1S/C17H25N5O.HI/c1-5-23-16-8-13(2)6-7-15(16)11-20-17(18-3)19-9-14-10-21-22(4)12-14;/h6-8,10,12H,5,9,11H2,1-4H3,(H2,18,19,20);1H. The lowest BCUT2D eigenvalue weighted by Crippen LogP contribution is -2.36. The molecule has 6 nitrogen and oxygen atoms in total. The number of aryl methyl sites for hydroxylation is 2. The van der Waals surface area contributed by atoms with Crippen molar-refractivity contribution in [1.82, 2.24) is 20.4 Å². The van der Waals surface area contributed by atoms with Crippen LogP contribution >= 0.6 is 24.0 Å². The van der Waals surface area contributed by atoms with Gasteiger partial charge in [-0.2, -0.15) is 5.10 Å². The van der Waals surface area contributed by atoms with Gasteiger partial charge in [0.15, 0.2) is 5.96 Å². The van der Waals surface area contributed by atoms with E-state index in [1.54, 1.807) is 11.7 Å². The predicted octanol–water partition coefficient (Wildman–Crippen LogP) is 2.61. The number of nitrogens with one attached hydrogen (secondary N) is 2. The lowest BCUT2D eigenvalue weighted by atomic mass is 10.1. The van der Waals surface area contributed by atoms with Crippen molar-refractivity contribution in [2.75, 3.05) is 13.7 Å². The van der Waals surface area contributed by atoms with E-state index in [0.29, 0.717) is 19.7 Å². The fraction of sp³-hybridized carbons (Fsp3) is 0.412. The number of benzene rings is 1. The van der Waals surface area contributed by atoms with Gasteiger partial charge >= 0.3 is 0 Å². The van der Waals surface area contributed by atoms with Gasteiger partial charge < -0.3 is 15.4 Å². The monoisotopic (exact) mass is 443 g/mol. The topological polar surface area (TPSA) is 63.5 Å². The van der Waals surface area contributed by atoms with Crippen molar-refractivity contribution >= 4 is 29.9 Å². The molecule has 0 radical (unpaired) electrons. The Hall–Kier alpha value is -1.77. The third kappa shape index (κ3) is 6.03. The van der Waals surface area contributed by atoms with Crippen LogP contribution in [0.1, 0.15) is 23.6 Å². The third-order valence-corrected chi connectivity index (χ3v) is 3.41. The molecular formula is C17H26IN5O. The fourth-order valence-corrected chi connectivity index (χ4v) is 2.25. The molecular weight excluding hydrogens is 417 g/mol. The van der Waals surface area contributed by atoms with Crippen LogP contribution in [0.5, 0.6) is 5.75 Å². The van der Waals surface area contributed by atoms with Crippen molar-refractivity contribution < 1.29 is 4.74 Å². The lowest BCUT2D eigenvalue weighted by molar-refractivity contribution is 0.336. The van der Waals surface area contributed by atoms with Gasteiger partial charge in [0.25, 0.3) is 0 Å². The average Bonchev–Trinajstić information content (AvgIpc) is 2.95. The van der Waals surface area contributed by atoms with Crippen molar-refractivity contribution in [3.05, 3.63) is 47.3 Å². The van der Waals surface area contributed by atoms with Crippen molar-refractivity contribution in [1.29, 1.82) is 0 Å². The molecule has 2 rings (SSSR count). The number of aliphatic imine (C=N–C) groups is 1. The van der Waals surface area contributed by atoms with E-state index >= 15 is 0 Å². The lowest BCUT2D eigenvalue weighted by Gasteiger charge is -2.14. The highest BCUT2D eigenvalue weighted by molar-refractivity contribution is 14.0. The minimum atomic E-state index is 0. The Labute approximate surface area is 160 Å². The molecule has 0 fully saturated rings. The number of rotatable bonds is 6. The highest BCUT2D eigenvalue weighted by atomic mass is 127. The number of hydrogen-bond donors (Lipinski definition) is 2. The summed E-state index contributed by atoms with van der Waals surface area (Å²) in [7, 11) is 3.67. The van der Waals surface area contributed by atoms with Crippen LogP contribution in [0.4, 0.5) is 0 Å². The molecule has 0 aliphatic carbocycles. The molecule has 1 aromatic heterocycles. The fourth-order valence-electron chi connectivity index (χ4n) is 2.25. The number of halogens is 1. The van der Waals surface area contributed by atoms with Crippen molar-refractivity contribution in [3.63, 3.8) is 0 Å². The van der Waals surface area contributed by atoms with E-state index in [1.807, 2.05) is 26.4 Å². The quantitative estimate of drug-likeness (QED) is 0.410. The molecule has 1 aromatic carbocycles. The Morgan fingerprint density at radius 3 is 2.67 bits per heavy atom. The van der Waals surface area contributed by atoms with E-state index in [9.17, 15) is 0 Å². The van der Waals surface area contributed by atoms with Crippen molar-refractivity contribution in [2.24, 2.45) is 12.0 Å². The molecule has 0 unspecified atom stereocenters. The molecule has 7 heteroatoms. The van der Waals surface area contributed by atoms with Gasteiger partial charge in [-0.15, -0.1) is 24.0 Å². The Bertz CT molecular complexity index is 669. The van der Waals surface area contributed by atoms with Crippen LogP contribution in [-0.2, 0) is 20.1 Å². The number of aromatic nitrogens is 2. The normalized spacial score (nSPS) is 10.9. The molecule has 0 saturated heterocycles. The van der Waals surface area contributed by atoms with E-state index in [-0.39, 0.29) is 24.0 Å². The maximum Gasteiger partial charge on any atom is 0.191 e.